The molecular formula is C8H16N2O. The fourth-order valence-corrected chi connectivity index (χ4v) is 1.36. The van der Waals surface area contributed by atoms with E-state index < -0.39 is 0 Å². The Morgan fingerprint density at radius 3 is 2.91 bits per heavy atom. The second-order valence-electron chi connectivity index (χ2n) is 3.48. The smallest absolute Gasteiger partial charge is 0.234 e. The highest BCUT2D eigenvalue weighted by molar-refractivity contribution is 5.78. The summed E-state index contributed by atoms with van der Waals surface area (Å²) in [5.41, 5.74) is 0. The lowest BCUT2D eigenvalue weighted by atomic mass is 10.2. The van der Waals surface area contributed by atoms with Gasteiger partial charge in [0.15, 0.2) is 0 Å². The van der Waals surface area contributed by atoms with E-state index in [-0.39, 0.29) is 5.91 Å². The number of nitrogens with zero attached hydrogens (tertiary/aromatic N) is 1. The van der Waals surface area contributed by atoms with Crippen molar-refractivity contribution in [2.24, 2.45) is 5.92 Å². The lowest BCUT2D eigenvalue weighted by Crippen LogP contribution is -2.48. The zero-order valence-electron chi connectivity index (χ0n) is 7.26. The molecule has 1 fully saturated rings. The maximum absolute atomic E-state index is 10.9. The Morgan fingerprint density at radius 2 is 2.36 bits per heavy atom. The van der Waals surface area contributed by atoms with E-state index in [4.69, 9.17) is 0 Å². The van der Waals surface area contributed by atoms with Gasteiger partial charge in [0.2, 0.25) is 5.91 Å². The van der Waals surface area contributed by atoms with Crippen LogP contribution in [0, 0.1) is 5.92 Å². The van der Waals surface area contributed by atoms with Crippen LogP contribution in [-0.4, -0.2) is 37.0 Å². The van der Waals surface area contributed by atoms with E-state index in [0.29, 0.717) is 12.5 Å². The standard InChI is InChI=1S/C8H16N2O/c1-7(2)5-10-4-3-9-8(11)6-10/h7H,3-6H2,1-2H3,(H,9,11). The Kier molecular flexibility index (Phi) is 2.88. The van der Waals surface area contributed by atoms with E-state index in [1.807, 2.05) is 0 Å². The van der Waals surface area contributed by atoms with Crippen molar-refractivity contribution < 1.29 is 4.79 Å². The van der Waals surface area contributed by atoms with Crippen LogP contribution in [0.25, 0.3) is 0 Å². The molecule has 1 N–H and O–H groups in total. The minimum atomic E-state index is 0.164. The number of hydrogen-bond donors (Lipinski definition) is 1. The van der Waals surface area contributed by atoms with Crippen LogP contribution in [0.3, 0.4) is 0 Å². The second kappa shape index (κ2) is 3.72. The summed E-state index contributed by atoms with van der Waals surface area (Å²) in [4.78, 5) is 13.1. The Hall–Kier alpha value is -0.570. The molecule has 0 aromatic rings. The van der Waals surface area contributed by atoms with Crippen LogP contribution in [0.15, 0.2) is 0 Å². The average Bonchev–Trinajstić information content (AvgIpc) is 1.85. The number of rotatable bonds is 2. The van der Waals surface area contributed by atoms with Crippen LogP contribution < -0.4 is 5.32 Å². The van der Waals surface area contributed by atoms with Gasteiger partial charge in [-0.05, 0) is 5.92 Å². The van der Waals surface area contributed by atoms with Gasteiger partial charge >= 0.3 is 0 Å². The van der Waals surface area contributed by atoms with Gasteiger partial charge in [-0.25, -0.2) is 0 Å². The van der Waals surface area contributed by atoms with E-state index in [1.54, 1.807) is 0 Å². The van der Waals surface area contributed by atoms with E-state index in [1.165, 1.54) is 0 Å². The highest BCUT2D eigenvalue weighted by Crippen LogP contribution is 1.99. The molecule has 1 heterocycles. The zero-order chi connectivity index (χ0) is 8.27. The maximum atomic E-state index is 10.9. The number of carbonyl (C=O) groups is 1. The van der Waals surface area contributed by atoms with Gasteiger partial charge in [0, 0.05) is 19.6 Å². The van der Waals surface area contributed by atoms with Crippen molar-refractivity contribution in [2.45, 2.75) is 13.8 Å². The third-order valence-electron chi connectivity index (χ3n) is 1.74. The molecule has 11 heavy (non-hydrogen) atoms. The van der Waals surface area contributed by atoms with Gasteiger partial charge in [-0.3, -0.25) is 9.69 Å². The van der Waals surface area contributed by atoms with Gasteiger partial charge in [0.25, 0.3) is 0 Å². The van der Waals surface area contributed by atoms with Crippen molar-refractivity contribution in [3.8, 4) is 0 Å². The van der Waals surface area contributed by atoms with Crippen LogP contribution >= 0.6 is 0 Å². The normalized spacial score (nSPS) is 20.5. The van der Waals surface area contributed by atoms with Crippen LogP contribution in [0.5, 0.6) is 0 Å². The number of amides is 1. The van der Waals surface area contributed by atoms with E-state index in [0.717, 1.165) is 19.6 Å². The highest BCUT2D eigenvalue weighted by Gasteiger charge is 2.15. The first-order chi connectivity index (χ1) is 5.18. The molecule has 0 atom stereocenters. The monoisotopic (exact) mass is 156 g/mol. The minimum absolute atomic E-state index is 0.164. The molecule has 3 heteroatoms. The van der Waals surface area contributed by atoms with Gasteiger partial charge in [0.05, 0.1) is 6.54 Å². The fraction of sp³-hybridized carbons (Fsp3) is 0.875. The Morgan fingerprint density at radius 1 is 1.64 bits per heavy atom. The summed E-state index contributed by atoms with van der Waals surface area (Å²) in [6.07, 6.45) is 0. The van der Waals surface area contributed by atoms with Gasteiger partial charge in [-0.2, -0.15) is 0 Å². The summed E-state index contributed by atoms with van der Waals surface area (Å²) < 4.78 is 0. The van der Waals surface area contributed by atoms with Crippen molar-refractivity contribution in [3.63, 3.8) is 0 Å². The molecule has 1 amide bonds. The molecule has 1 aliphatic heterocycles. The number of piperazine rings is 1. The maximum Gasteiger partial charge on any atom is 0.234 e. The minimum Gasteiger partial charge on any atom is -0.354 e. The molecule has 64 valence electrons. The molecule has 0 saturated carbocycles. The van der Waals surface area contributed by atoms with E-state index >= 15 is 0 Å². The molecule has 0 aromatic heterocycles. The van der Waals surface area contributed by atoms with Gasteiger partial charge < -0.3 is 5.32 Å². The summed E-state index contributed by atoms with van der Waals surface area (Å²) in [7, 11) is 0. The lowest BCUT2D eigenvalue weighted by Gasteiger charge is -2.27. The van der Waals surface area contributed by atoms with E-state index in [2.05, 4.69) is 24.1 Å². The predicted octanol–water partition coefficient (Wildman–Crippen LogP) is 0.0742. The van der Waals surface area contributed by atoms with Crippen molar-refractivity contribution in [1.82, 2.24) is 10.2 Å². The first kappa shape index (κ1) is 8.53. The van der Waals surface area contributed by atoms with Gasteiger partial charge in [0.1, 0.15) is 0 Å². The molecule has 0 aliphatic carbocycles. The topological polar surface area (TPSA) is 32.3 Å². The molecule has 0 spiro atoms. The summed E-state index contributed by atoms with van der Waals surface area (Å²) >= 11 is 0. The quantitative estimate of drug-likeness (QED) is 0.614. The molecule has 0 radical (unpaired) electrons. The van der Waals surface area contributed by atoms with Gasteiger partial charge in [-0.15, -0.1) is 0 Å². The first-order valence-electron chi connectivity index (χ1n) is 4.17. The molecule has 0 bridgehead atoms. The second-order valence-corrected chi connectivity index (χ2v) is 3.48. The van der Waals surface area contributed by atoms with Gasteiger partial charge in [-0.1, -0.05) is 13.8 Å². The molecule has 1 aliphatic rings. The highest BCUT2D eigenvalue weighted by atomic mass is 16.2. The number of carbonyl (C=O) groups excluding carboxylic acids is 1. The Balaban J connectivity index is 2.28. The molecule has 1 rings (SSSR count). The summed E-state index contributed by atoms with van der Waals surface area (Å²) in [6, 6.07) is 0. The first-order valence-corrected chi connectivity index (χ1v) is 4.17. The summed E-state index contributed by atoms with van der Waals surface area (Å²) in [5.74, 6) is 0.817. The van der Waals surface area contributed by atoms with Crippen LogP contribution in [0.1, 0.15) is 13.8 Å². The Bertz CT molecular complexity index is 145. The SMILES string of the molecule is CC(C)CN1CCNC(=O)C1. The van der Waals surface area contributed by atoms with E-state index in [9.17, 15) is 4.79 Å². The number of hydrogen-bond acceptors (Lipinski definition) is 2. The molecule has 0 aromatic carbocycles. The Labute approximate surface area is 67.8 Å². The van der Waals surface area contributed by atoms with Crippen molar-refractivity contribution >= 4 is 5.91 Å². The van der Waals surface area contributed by atoms with Crippen molar-refractivity contribution in [3.05, 3.63) is 0 Å². The molecule has 3 nitrogen and oxygen atoms in total. The third kappa shape index (κ3) is 2.89. The van der Waals surface area contributed by atoms with Crippen molar-refractivity contribution in [1.29, 1.82) is 0 Å². The molecule has 1 saturated heterocycles. The number of nitrogens with one attached hydrogen (secondary N) is 1. The fourth-order valence-electron chi connectivity index (χ4n) is 1.36. The zero-order valence-corrected chi connectivity index (χ0v) is 7.26. The summed E-state index contributed by atoms with van der Waals surface area (Å²) in [5, 5.41) is 2.80. The summed E-state index contributed by atoms with van der Waals surface area (Å²) in [6.45, 7) is 7.78. The molecule has 0 unspecified atom stereocenters. The van der Waals surface area contributed by atoms with Crippen LogP contribution in [-0.2, 0) is 4.79 Å². The predicted molar refractivity (Wildman–Crippen MR) is 44.3 cm³/mol. The van der Waals surface area contributed by atoms with Crippen molar-refractivity contribution in [2.75, 3.05) is 26.2 Å². The molecular weight excluding hydrogens is 140 g/mol. The third-order valence-corrected chi connectivity index (χ3v) is 1.74. The van der Waals surface area contributed by atoms with Crippen LogP contribution in [0.2, 0.25) is 0 Å². The largest absolute Gasteiger partial charge is 0.354 e. The van der Waals surface area contributed by atoms with Crippen LogP contribution in [0.4, 0.5) is 0 Å². The average molecular weight is 156 g/mol. The lowest BCUT2D eigenvalue weighted by molar-refractivity contribution is -0.124.